The van der Waals surface area contributed by atoms with E-state index in [0.717, 1.165) is 0 Å². The summed E-state index contributed by atoms with van der Waals surface area (Å²) in [5, 5.41) is 2.27. The van der Waals surface area contributed by atoms with E-state index in [1.54, 1.807) is 39.0 Å². The van der Waals surface area contributed by atoms with Crippen LogP contribution in [-0.2, 0) is 16.1 Å². The largest absolute Gasteiger partial charge is 0.322 e. The quantitative estimate of drug-likeness (QED) is 0.815. The molecule has 0 bridgehead atoms. The van der Waals surface area contributed by atoms with Gasteiger partial charge in [-0.2, -0.15) is 0 Å². The zero-order valence-electron chi connectivity index (χ0n) is 19.1. The monoisotopic (exact) mass is 359 g/mol. The standard InChI is InChI=1S/C20H25N3O3/c1-20(2,3)22-9-14(10-22)12-4-5-15-13(8-12)11-23(19(15)26)16-6-7-17(24)21-18(16)25/h4-5,8,14,16H,6-7,9-11H2,1-3H3,(H,21,24,25)/t16-/m1/s1/i9D2,10D2. The fourth-order valence-corrected chi connectivity index (χ4v) is 3.57. The third-order valence-electron chi connectivity index (χ3n) is 5.07. The highest BCUT2D eigenvalue weighted by atomic mass is 16.2. The number of hydrogen-bond acceptors (Lipinski definition) is 4. The highest BCUT2D eigenvalue weighted by molar-refractivity contribution is 6.05. The van der Waals surface area contributed by atoms with Crippen LogP contribution in [0.5, 0.6) is 0 Å². The molecule has 0 unspecified atom stereocenters. The van der Waals surface area contributed by atoms with Crippen molar-refractivity contribution < 1.29 is 19.9 Å². The Labute approximate surface area is 159 Å². The van der Waals surface area contributed by atoms with Gasteiger partial charge in [-0.3, -0.25) is 24.6 Å². The summed E-state index contributed by atoms with van der Waals surface area (Å²) in [6, 6.07) is 4.15. The van der Waals surface area contributed by atoms with Gasteiger partial charge in [-0.1, -0.05) is 12.1 Å². The average Bonchev–Trinajstić information content (AvgIpc) is 2.88. The fourth-order valence-electron chi connectivity index (χ4n) is 3.57. The van der Waals surface area contributed by atoms with Crippen molar-refractivity contribution in [3.63, 3.8) is 0 Å². The molecule has 3 aliphatic heterocycles. The molecule has 2 saturated heterocycles. The van der Waals surface area contributed by atoms with Crippen LogP contribution in [-0.4, -0.2) is 52.1 Å². The van der Waals surface area contributed by atoms with Crippen LogP contribution in [0.3, 0.4) is 0 Å². The van der Waals surface area contributed by atoms with Gasteiger partial charge in [-0.05, 0) is 44.4 Å². The number of rotatable bonds is 2. The van der Waals surface area contributed by atoms with Crippen molar-refractivity contribution >= 4 is 17.7 Å². The van der Waals surface area contributed by atoms with Crippen molar-refractivity contribution in [3.8, 4) is 0 Å². The maximum absolute atomic E-state index is 12.8. The van der Waals surface area contributed by atoms with Crippen molar-refractivity contribution in [2.75, 3.05) is 13.0 Å². The summed E-state index contributed by atoms with van der Waals surface area (Å²) < 4.78 is 34.0. The Kier molecular flexibility index (Phi) is 2.96. The van der Waals surface area contributed by atoms with Gasteiger partial charge in [-0.15, -0.1) is 0 Å². The molecule has 0 spiro atoms. The van der Waals surface area contributed by atoms with Crippen LogP contribution in [0.25, 0.3) is 0 Å². The van der Waals surface area contributed by atoms with Gasteiger partial charge in [0.15, 0.2) is 0 Å². The number of carbonyl (C=O) groups excluding carboxylic acids is 3. The molecule has 3 amide bonds. The summed E-state index contributed by atoms with van der Waals surface area (Å²) in [6.07, 6.45) is 0.443. The average molecular weight is 359 g/mol. The third-order valence-corrected chi connectivity index (χ3v) is 5.07. The van der Waals surface area contributed by atoms with Gasteiger partial charge in [-0.25, -0.2) is 0 Å². The maximum atomic E-state index is 12.8. The number of carbonyl (C=O) groups is 3. The van der Waals surface area contributed by atoms with E-state index < -0.39 is 36.4 Å². The van der Waals surface area contributed by atoms with E-state index >= 15 is 0 Å². The number of nitrogens with zero attached hydrogens (tertiary/aromatic N) is 2. The molecule has 1 aromatic carbocycles. The van der Waals surface area contributed by atoms with Gasteiger partial charge >= 0.3 is 0 Å². The summed E-state index contributed by atoms with van der Waals surface area (Å²) in [5.74, 6) is -2.14. The molecular formula is C20H25N3O3. The topological polar surface area (TPSA) is 69.7 Å². The van der Waals surface area contributed by atoms with Crippen molar-refractivity contribution in [2.24, 2.45) is 0 Å². The van der Waals surface area contributed by atoms with Gasteiger partial charge < -0.3 is 4.90 Å². The molecule has 0 saturated carbocycles. The van der Waals surface area contributed by atoms with E-state index in [4.69, 9.17) is 5.48 Å². The molecule has 3 heterocycles. The Balaban J connectivity index is 1.63. The van der Waals surface area contributed by atoms with Crippen LogP contribution >= 0.6 is 0 Å². The first-order valence-electron chi connectivity index (χ1n) is 10.8. The first kappa shape index (κ1) is 13.0. The summed E-state index contributed by atoms with van der Waals surface area (Å²) in [4.78, 5) is 39.1. The van der Waals surface area contributed by atoms with Crippen LogP contribution < -0.4 is 5.32 Å². The summed E-state index contributed by atoms with van der Waals surface area (Å²) >= 11 is 0. The number of fused-ring (bicyclic) bond motifs is 1. The highest BCUT2D eigenvalue weighted by Gasteiger charge is 2.40. The summed E-state index contributed by atoms with van der Waals surface area (Å²) in [6.45, 7) is 1.73. The molecule has 0 radical (unpaired) electrons. The molecule has 2 fully saturated rings. The van der Waals surface area contributed by atoms with Gasteiger partial charge in [0.25, 0.3) is 5.91 Å². The Morgan fingerprint density at radius 1 is 1.19 bits per heavy atom. The minimum absolute atomic E-state index is 0.174. The van der Waals surface area contributed by atoms with Crippen molar-refractivity contribution in [1.82, 2.24) is 15.1 Å². The molecule has 26 heavy (non-hydrogen) atoms. The van der Waals surface area contributed by atoms with Crippen molar-refractivity contribution in [3.05, 3.63) is 34.9 Å². The molecule has 1 atom stereocenters. The second kappa shape index (κ2) is 5.91. The maximum Gasteiger partial charge on any atom is 0.255 e. The second-order valence-corrected chi connectivity index (χ2v) is 8.01. The zero-order chi connectivity index (χ0) is 22.2. The second-order valence-electron chi connectivity index (χ2n) is 8.01. The van der Waals surface area contributed by atoms with Gasteiger partial charge in [0, 0.05) is 48.5 Å². The Hall–Kier alpha value is -2.21. The van der Waals surface area contributed by atoms with E-state index in [1.807, 2.05) is 0 Å². The number of imide groups is 1. The molecule has 0 aliphatic carbocycles. The number of likely N-dealkylation sites (tertiary alicyclic amines) is 1. The summed E-state index contributed by atoms with van der Waals surface area (Å²) in [7, 11) is 0. The molecule has 1 aromatic rings. The Morgan fingerprint density at radius 2 is 1.92 bits per heavy atom. The van der Waals surface area contributed by atoms with E-state index in [2.05, 4.69) is 5.32 Å². The van der Waals surface area contributed by atoms with Crippen LogP contribution in [0.4, 0.5) is 0 Å². The lowest BCUT2D eigenvalue weighted by atomic mass is 9.86. The van der Waals surface area contributed by atoms with Crippen molar-refractivity contribution in [1.29, 1.82) is 0 Å². The zero-order valence-corrected chi connectivity index (χ0v) is 15.1. The lowest BCUT2D eigenvalue weighted by molar-refractivity contribution is -0.136. The molecule has 1 N–H and O–H groups in total. The highest BCUT2D eigenvalue weighted by Crippen LogP contribution is 2.35. The number of piperidine rings is 1. The van der Waals surface area contributed by atoms with E-state index in [9.17, 15) is 14.4 Å². The van der Waals surface area contributed by atoms with Crippen LogP contribution in [0.1, 0.15) is 66.5 Å². The minimum Gasteiger partial charge on any atom is -0.322 e. The number of benzene rings is 1. The van der Waals surface area contributed by atoms with E-state index in [0.29, 0.717) is 16.7 Å². The minimum atomic E-state index is -1.89. The number of amides is 3. The molecular weight excluding hydrogens is 330 g/mol. The molecule has 138 valence electrons. The van der Waals surface area contributed by atoms with E-state index in [-0.39, 0.29) is 31.2 Å². The lowest BCUT2D eigenvalue weighted by Crippen LogP contribution is -2.54. The first-order chi connectivity index (χ1) is 13.8. The third kappa shape index (κ3) is 2.82. The van der Waals surface area contributed by atoms with Crippen LogP contribution in [0.15, 0.2) is 18.2 Å². The number of nitrogens with one attached hydrogen (secondary N) is 1. The number of hydrogen-bond donors (Lipinski definition) is 1. The van der Waals surface area contributed by atoms with Gasteiger partial charge in [0.1, 0.15) is 6.04 Å². The van der Waals surface area contributed by atoms with Crippen molar-refractivity contribution in [2.45, 2.75) is 57.7 Å². The molecule has 0 aromatic heterocycles. The predicted molar refractivity (Wildman–Crippen MR) is 96.6 cm³/mol. The Morgan fingerprint density at radius 3 is 2.58 bits per heavy atom. The Bertz CT molecular complexity index is 941. The molecule has 3 aliphatic rings. The predicted octanol–water partition coefficient (Wildman–Crippen LogP) is 1.65. The molecule has 4 rings (SSSR count). The van der Waals surface area contributed by atoms with E-state index in [1.165, 1.54) is 9.80 Å². The molecule has 6 heteroatoms. The van der Waals surface area contributed by atoms with Crippen LogP contribution in [0, 0.1) is 0 Å². The van der Waals surface area contributed by atoms with Gasteiger partial charge in [0.2, 0.25) is 11.8 Å². The smallest absolute Gasteiger partial charge is 0.255 e. The normalized spacial score (nSPS) is 30.7. The van der Waals surface area contributed by atoms with Crippen LogP contribution in [0.2, 0.25) is 0 Å². The SMILES string of the molecule is [2H]C1([2H])C(c2ccc3c(c2)CN([C@@H]2CCC(=O)NC2=O)C3=O)C([2H])([2H])N1C(C)(C)C. The fraction of sp³-hybridized carbons (Fsp3) is 0.550. The summed E-state index contributed by atoms with van der Waals surface area (Å²) in [5.41, 5.74) is 0.862. The molecule has 6 nitrogen and oxygen atoms in total. The first-order valence-corrected chi connectivity index (χ1v) is 8.84. The lowest BCUT2D eigenvalue weighted by Gasteiger charge is -2.48. The van der Waals surface area contributed by atoms with Gasteiger partial charge in [0.05, 0.1) is 0 Å².